The van der Waals surface area contributed by atoms with E-state index in [1.807, 2.05) is 29.0 Å². The Labute approximate surface area is 165 Å². The van der Waals surface area contributed by atoms with E-state index in [1.165, 1.54) is 17.4 Å². The number of hydrogen-bond donors (Lipinski definition) is 2. The number of halogens is 3. The SMILES string of the molecule is FC(F)(F)c1cccc(Nc2nc3cc(-c4nnn[nH]4)ccc3c3cscc23)c1. The Balaban J connectivity index is 1.64. The largest absolute Gasteiger partial charge is 0.416 e. The molecule has 0 fully saturated rings. The molecule has 0 aliphatic heterocycles. The van der Waals surface area contributed by atoms with Gasteiger partial charge in [0, 0.05) is 32.8 Å². The molecule has 0 radical (unpaired) electrons. The zero-order valence-corrected chi connectivity index (χ0v) is 15.3. The molecular weight excluding hydrogens is 401 g/mol. The van der Waals surface area contributed by atoms with Crippen molar-refractivity contribution in [3.05, 3.63) is 58.8 Å². The molecule has 2 N–H and O–H groups in total. The van der Waals surface area contributed by atoms with Crippen LogP contribution in [0.25, 0.3) is 33.1 Å². The molecule has 0 aliphatic carbocycles. The topological polar surface area (TPSA) is 79.4 Å². The number of nitrogens with one attached hydrogen (secondary N) is 2. The summed E-state index contributed by atoms with van der Waals surface area (Å²) in [5.41, 5.74) is 1.04. The summed E-state index contributed by atoms with van der Waals surface area (Å²) in [5.74, 6) is 0.993. The normalized spacial score (nSPS) is 12.0. The number of aromatic nitrogens is 5. The number of H-pyrrole nitrogens is 1. The maximum atomic E-state index is 13.0. The summed E-state index contributed by atoms with van der Waals surface area (Å²) in [6.07, 6.45) is -4.41. The van der Waals surface area contributed by atoms with E-state index in [9.17, 15) is 13.2 Å². The second kappa shape index (κ2) is 6.52. The number of fused-ring (bicyclic) bond motifs is 3. The lowest BCUT2D eigenvalue weighted by atomic mass is 10.1. The molecule has 5 rings (SSSR count). The van der Waals surface area contributed by atoms with Gasteiger partial charge in [-0.05, 0) is 40.1 Å². The van der Waals surface area contributed by atoms with Crippen molar-refractivity contribution in [2.45, 2.75) is 6.18 Å². The van der Waals surface area contributed by atoms with Crippen molar-refractivity contribution in [3.63, 3.8) is 0 Å². The number of hydrogen-bond acceptors (Lipinski definition) is 6. The smallest absolute Gasteiger partial charge is 0.340 e. The summed E-state index contributed by atoms with van der Waals surface area (Å²) in [7, 11) is 0. The summed E-state index contributed by atoms with van der Waals surface area (Å²) >= 11 is 1.50. The molecule has 0 aliphatic rings. The lowest BCUT2D eigenvalue weighted by molar-refractivity contribution is -0.137. The van der Waals surface area contributed by atoms with E-state index in [1.54, 1.807) is 6.07 Å². The molecule has 0 atom stereocenters. The lowest BCUT2D eigenvalue weighted by Gasteiger charge is -2.12. The van der Waals surface area contributed by atoms with Gasteiger partial charge in [-0.1, -0.05) is 18.2 Å². The Hall–Kier alpha value is -3.53. The average molecular weight is 412 g/mol. The highest BCUT2D eigenvalue weighted by Crippen LogP contribution is 2.36. The molecule has 0 unspecified atom stereocenters. The summed E-state index contributed by atoms with van der Waals surface area (Å²) in [6, 6.07) is 10.7. The van der Waals surface area contributed by atoms with Crippen LogP contribution in [0, 0.1) is 0 Å². The van der Waals surface area contributed by atoms with Crippen LogP contribution in [0.5, 0.6) is 0 Å². The van der Waals surface area contributed by atoms with E-state index < -0.39 is 11.7 Å². The Morgan fingerprint density at radius 1 is 0.966 bits per heavy atom. The van der Waals surface area contributed by atoms with E-state index in [4.69, 9.17) is 0 Å². The molecule has 10 heteroatoms. The minimum atomic E-state index is -4.41. The average Bonchev–Trinajstić information content (AvgIpc) is 3.39. The summed E-state index contributed by atoms with van der Waals surface area (Å²) in [6.45, 7) is 0. The van der Waals surface area contributed by atoms with E-state index in [0.717, 1.165) is 33.9 Å². The molecule has 2 aromatic carbocycles. The molecule has 0 bridgehead atoms. The zero-order chi connectivity index (χ0) is 20.0. The first-order chi connectivity index (χ1) is 14.0. The molecule has 3 aromatic heterocycles. The van der Waals surface area contributed by atoms with Crippen molar-refractivity contribution < 1.29 is 13.2 Å². The zero-order valence-electron chi connectivity index (χ0n) is 14.5. The minimum absolute atomic E-state index is 0.315. The highest BCUT2D eigenvalue weighted by molar-refractivity contribution is 7.09. The molecule has 3 heterocycles. The van der Waals surface area contributed by atoms with Gasteiger partial charge < -0.3 is 5.32 Å². The van der Waals surface area contributed by atoms with Crippen LogP contribution >= 0.6 is 11.3 Å². The van der Waals surface area contributed by atoms with Crippen LogP contribution in [-0.4, -0.2) is 25.6 Å². The molecule has 5 aromatic rings. The third-order valence-electron chi connectivity index (χ3n) is 4.51. The van der Waals surface area contributed by atoms with Gasteiger partial charge in [-0.2, -0.15) is 24.5 Å². The lowest BCUT2D eigenvalue weighted by Crippen LogP contribution is -2.05. The Kier molecular flexibility index (Phi) is 3.95. The van der Waals surface area contributed by atoms with Gasteiger partial charge in [-0.25, -0.2) is 10.1 Å². The summed E-state index contributed by atoms with van der Waals surface area (Å²) < 4.78 is 39.1. The number of rotatable bonds is 3. The predicted molar refractivity (Wildman–Crippen MR) is 105 cm³/mol. The first-order valence-electron chi connectivity index (χ1n) is 8.47. The number of nitrogens with zero attached hydrogens (tertiary/aromatic N) is 4. The van der Waals surface area contributed by atoms with Crippen LogP contribution in [0.15, 0.2) is 53.2 Å². The number of thiophene rings is 1. The summed E-state index contributed by atoms with van der Waals surface area (Å²) in [5, 5.41) is 23.5. The van der Waals surface area contributed by atoms with Gasteiger partial charge in [0.2, 0.25) is 0 Å². The van der Waals surface area contributed by atoms with Crippen molar-refractivity contribution in [3.8, 4) is 11.4 Å². The minimum Gasteiger partial charge on any atom is -0.340 e. The third kappa shape index (κ3) is 3.17. The standard InChI is InChI=1S/C19H11F3N6S/c20-19(21,22)11-2-1-3-12(7-11)23-18-15-9-29-8-14(15)13-5-4-10(6-16(13)24-18)17-25-27-28-26-17/h1-9H,(H,23,24)(H,25,26,27,28). The second-order valence-electron chi connectivity index (χ2n) is 6.34. The monoisotopic (exact) mass is 412 g/mol. The fraction of sp³-hybridized carbons (Fsp3) is 0.0526. The quantitative estimate of drug-likeness (QED) is 0.415. The third-order valence-corrected chi connectivity index (χ3v) is 5.25. The van der Waals surface area contributed by atoms with Crippen LogP contribution in [-0.2, 0) is 6.18 Å². The molecule has 6 nitrogen and oxygen atoms in total. The number of anilines is 2. The van der Waals surface area contributed by atoms with Gasteiger partial charge in [0.15, 0.2) is 5.82 Å². The Morgan fingerprint density at radius 3 is 2.62 bits per heavy atom. The van der Waals surface area contributed by atoms with Crippen LogP contribution < -0.4 is 5.32 Å². The van der Waals surface area contributed by atoms with Gasteiger partial charge in [-0.15, -0.1) is 5.10 Å². The first kappa shape index (κ1) is 17.6. The maximum Gasteiger partial charge on any atom is 0.416 e. The number of aromatic amines is 1. The highest BCUT2D eigenvalue weighted by Gasteiger charge is 2.30. The molecular formula is C19H11F3N6S. The van der Waals surface area contributed by atoms with Crippen LogP contribution in [0.1, 0.15) is 5.56 Å². The molecule has 0 spiro atoms. The van der Waals surface area contributed by atoms with Crippen LogP contribution in [0.4, 0.5) is 24.7 Å². The molecule has 144 valence electrons. The Bertz CT molecular complexity index is 1330. The number of pyridine rings is 1. The van der Waals surface area contributed by atoms with Gasteiger partial charge >= 0.3 is 6.18 Å². The van der Waals surface area contributed by atoms with Crippen molar-refractivity contribution in [2.24, 2.45) is 0 Å². The van der Waals surface area contributed by atoms with Crippen LogP contribution in [0.3, 0.4) is 0 Å². The van der Waals surface area contributed by atoms with Gasteiger partial charge in [0.25, 0.3) is 0 Å². The van der Waals surface area contributed by atoms with E-state index >= 15 is 0 Å². The number of benzene rings is 2. The van der Waals surface area contributed by atoms with E-state index in [-0.39, 0.29) is 0 Å². The van der Waals surface area contributed by atoms with Gasteiger partial charge in [0.05, 0.1) is 11.1 Å². The number of alkyl halides is 3. The molecule has 0 saturated heterocycles. The van der Waals surface area contributed by atoms with Crippen molar-refractivity contribution >= 4 is 44.5 Å². The molecule has 29 heavy (non-hydrogen) atoms. The number of tetrazole rings is 1. The van der Waals surface area contributed by atoms with Crippen LogP contribution in [0.2, 0.25) is 0 Å². The summed E-state index contributed by atoms with van der Waals surface area (Å²) in [4.78, 5) is 4.67. The predicted octanol–water partition coefficient (Wildman–Crippen LogP) is 5.39. The fourth-order valence-electron chi connectivity index (χ4n) is 3.16. The molecule has 0 saturated carbocycles. The highest BCUT2D eigenvalue weighted by atomic mass is 32.1. The van der Waals surface area contributed by atoms with Gasteiger partial charge in [0.1, 0.15) is 5.82 Å². The van der Waals surface area contributed by atoms with Gasteiger partial charge in [-0.3, -0.25) is 0 Å². The maximum absolute atomic E-state index is 13.0. The second-order valence-corrected chi connectivity index (χ2v) is 7.09. The van der Waals surface area contributed by atoms with E-state index in [2.05, 4.69) is 30.9 Å². The van der Waals surface area contributed by atoms with E-state index in [0.29, 0.717) is 22.8 Å². The Morgan fingerprint density at radius 2 is 1.83 bits per heavy atom. The first-order valence-corrected chi connectivity index (χ1v) is 9.41. The van der Waals surface area contributed by atoms with Crippen molar-refractivity contribution in [1.29, 1.82) is 0 Å². The van der Waals surface area contributed by atoms with Crippen molar-refractivity contribution in [2.75, 3.05) is 5.32 Å². The molecule has 0 amide bonds. The fourth-order valence-corrected chi connectivity index (χ4v) is 3.99. The van der Waals surface area contributed by atoms with Crippen molar-refractivity contribution in [1.82, 2.24) is 25.6 Å².